The molecule has 1 aromatic heterocycles. The molecule has 28 heavy (non-hydrogen) atoms. The number of H-pyrrole nitrogens is 1. The van der Waals surface area contributed by atoms with E-state index in [1.807, 2.05) is 28.0 Å². The number of nitrogens with zero attached hydrogens (tertiary/aromatic N) is 3. The lowest BCUT2D eigenvalue weighted by Gasteiger charge is -2.24. The second-order valence-corrected chi connectivity index (χ2v) is 8.20. The Morgan fingerprint density at radius 2 is 1.79 bits per heavy atom. The van der Waals surface area contributed by atoms with Crippen LogP contribution >= 0.6 is 0 Å². The fraction of sp³-hybridized carbons (Fsp3) is 0.591. The maximum absolute atomic E-state index is 12.9. The molecule has 2 amide bonds. The number of carbonyl (C=O) groups excluding carboxylic acids is 2. The fourth-order valence-corrected chi connectivity index (χ4v) is 4.58. The van der Waals surface area contributed by atoms with Crippen LogP contribution in [0.4, 0.5) is 0 Å². The number of hydrogen-bond acceptors (Lipinski definition) is 3. The molecular formula is C22H30N4O2. The third-order valence-electron chi connectivity index (χ3n) is 6.29. The maximum Gasteiger partial charge on any atom is 0.253 e. The summed E-state index contributed by atoms with van der Waals surface area (Å²) >= 11 is 0. The highest BCUT2D eigenvalue weighted by Crippen LogP contribution is 2.27. The Morgan fingerprint density at radius 1 is 1.00 bits per heavy atom. The van der Waals surface area contributed by atoms with Gasteiger partial charge in [-0.2, -0.15) is 0 Å². The molecular weight excluding hydrogens is 352 g/mol. The number of carbonyl (C=O) groups is 2. The normalized spacial score (nSPS) is 19.0. The largest absolute Gasteiger partial charge is 0.345 e. The van der Waals surface area contributed by atoms with E-state index in [0.29, 0.717) is 31.6 Å². The third kappa shape index (κ3) is 4.37. The highest BCUT2D eigenvalue weighted by Gasteiger charge is 2.24. The van der Waals surface area contributed by atoms with Gasteiger partial charge < -0.3 is 14.8 Å². The van der Waals surface area contributed by atoms with E-state index in [-0.39, 0.29) is 11.8 Å². The van der Waals surface area contributed by atoms with Gasteiger partial charge in [-0.3, -0.25) is 9.59 Å². The predicted octanol–water partition coefficient (Wildman–Crippen LogP) is 3.60. The molecule has 1 aliphatic heterocycles. The van der Waals surface area contributed by atoms with Crippen molar-refractivity contribution in [1.29, 1.82) is 0 Å². The van der Waals surface area contributed by atoms with Gasteiger partial charge in [-0.15, -0.1) is 0 Å². The first kappa shape index (κ1) is 19.0. The average Bonchev–Trinajstić information content (AvgIpc) is 3.07. The monoisotopic (exact) mass is 382 g/mol. The Labute approximate surface area is 166 Å². The molecule has 4 rings (SSSR count). The molecule has 2 heterocycles. The number of fused-ring (bicyclic) bond motifs is 1. The lowest BCUT2D eigenvalue weighted by molar-refractivity contribution is -0.131. The fourth-order valence-electron chi connectivity index (χ4n) is 4.58. The molecule has 0 unspecified atom stereocenters. The van der Waals surface area contributed by atoms with Crippen molar-refractivity contribution in [3.63, 3.8) is 0 Å². The van der Waals surface area contributed by atoms with Crippen LogP contribution in [0.15, 0.2) is 24.5 Å². The Bertz CT molecular complexity index is 825. The van der Waals surface area contributed by atoms with Gasteiger partial charge in [-0.05, 0) is 37.0 Å². The Kier molecular flexibility index (Phi) is 5.93. The van der Waals surface area contributed by atoms with Gasteiger partial charge in [0.05, 0.1) is 17.4 Å². The van der Waals surface area contributed by atoms with Gasteiger partial charge in [-0.1, -0.05) is 32.1 Å². The van der Waals surface area contributed by atoms with E-state index in [9.17, 15) is 9.59 Å². The van der Waals surface area contributed by atoms with Crippen LogP contribution in [0, 0.1) is 5.92 Å². The first-order valence-electron chi connectivity index (χ1n) is 10.7. The molecule has 0 bridgehead atoms. The van der Waals surface area contributed by atoms with Gasteiger partial charge in [-0.25, -0.2) is 4.98 Å². The molecule has 1 aromatic carbocycles. The van der Waals surface area contributed by atoms with Crippen molar-refractivity contribution in [3.8, 4) is 0 Å². The number of aromatic amines is 1. The minimum absolute atomic E-state index is 0.0352. The van der Waals surface area contributed by atoms with Crippen LogP contribution in [0.1, 0.15) is 61.7 Å². The first-order valence-corrected chi connectivity index (χ1v) is 10.7. The van der Waals surface area contributed by atoms with E-state index in [0.717, 1.165) is 36.3 Å². The molecule has 150 valence electrons. The van der Waals surface area contributed by atoms with Gasteiger partial charge in [0.25, 0.3) is 5.91 Å². The van der Waals surface area contributed by atoms with Crippen LogP contribution in [0.25, 0.3) is 11.0 Å². The van der Waals surface area contributed by atoms with Gasteiger partial charge in [0.15, 0.2) is 0 Å². The standard InChI is InChI=1S/C22H30N4O2/c27-21(10-7-17-5-2-1-3-6-17)25-11-4-12-26(14-13-25)22(28)18-8-9-19-20(15-18)24-16-23-19/h8-9,15-17H,1-7,10-14H2,(H,23,24). The SMILES string of the molecule is O=C(CCC1CCCCC1)N1CCCN(C(=O)c2ccc3nc[nH]c3c2)CC1. The minimum Gasteiger partial charge on any atom is -0.345 e. The molecule has 1 saturated heterocycles. The van der Waals surface area contributed by atoms with Gasteiger partial charge in [0.1, 0.15) is 0 Å². The zero-order valence-electron chi connectivity index (χ0n) is 16.5. The number of amides is 2. The number of hydrogen-bond donors (Lipinski definition) is 1. The first-order chi connectivity index (χ1) is 13.7. The summed E-state index contributed by atoms with van der Waals surface area (Å²) < 4.78 is 0. The van der Waals surface area contributed by atoms with Crippen molar-refractivity contribution in [1.82, 2.24) is 19.8 Å². The zero-order chi connectivity index (χ0) is 19.3. The van der Waals surface area contributed by atoms with Crippen LogP contribution in [-0.4, -0.2) is 57.8 Å². The van der Waals surface area contributed by atoms with Crippen LogP contribution < -0.4 is 0 Å². The number of benzene rings is 1. The highest BCUT2D eigenvalue weighted by atomic mass is 16.2. The molecule has 0 atom stereocenters. The Balaban J connectivity index is 1.31. The van der Waals surface area contributed by atoms with Crippen molar-refractivity contribution < 1.29 is 9.59 Å². The van der Waals surface area contributed by atoms with Gasteiger partial charge in [0, 0.05) is 38.2 Å². The number of nitrogens with one attached hydrogen (secondary N) is 1. The highest BCUT2D eigenvalue weighted by molar-refractivity contribution is 5.97. The molecule has 2 aromatic rings. The van der Waals surface area contributed by atoms with Crippen LogP contribution in [0.5, 0.6) is 0 Å². The molecule has 6 nitrogen and oxygen atoms in total. The quantitative estimate of drug-likeness (QED) is 0.878. The molecule has 1 saturated carbocycles. The molecule has 6 heteroatoms. The van der Waals surface area contributed by atoms with Crippen LogP contribution in [0.2, 0.25) is 0 Å². The lowest BCUT2D eigenvalue weighted by Crippen LogP contribution is -2.37. The summed E-state index contributed by atoms with van der Waals surface area (Å²) in [6.45, 7) is 2.70. The van der Waals surface area contributed by atoms with E-state index in [1.165, 1.54) is 32.1 Å². The lowest BCUT2D eigenvalue weighted by atomic mass is 9.86. The molecule has 0 radical (unpaired) electrons. The van der Waals surface area contributed by atoms with Crippen molar-refractivity contribution in [3.05, 3.63) is 30.1 Å². The summed E-state index contributed by atoms with van der Waals surface area (Å²) in [6, 6.07) is 5.57. The summed E-state index contributed by atoms with van der Waals surface area (Å²) in [5, 5.41) is 0. The van der Waals surface area contributed by atoms with Crippen molar-refractivity contribution in [2.45, 2.75) is 51.4 Å². The van der Waals surface area contributed by atoms with Crippen molar-refractivity contribution >= 4 is 22.8 Å². The zero-order valence-corrected chi connectivity index (χ0v) is 16.5. The van der Waals surface area contributed by atoms with Crippen molar-refractivity contribution in [2.24, 2.45) is 5.92 Å². The summed E-state index contributed by atoms with van der Waals surface area (Å²) in [4.78, 5) is 36.7. The molecule has 1 N–H and O–H groups in total. The number of aromatic nitrogens is 2. The summed E-state index contributed by atoms with van der Waals surface area (Å²) in [5.74, 6) is 1.03. The molecule has 2 aliphatic rings. The molecule has 0 spiro atoms. The maximum atomic E-state index is 12.9. The smallest absolute Gasteiger partial charge is 0.253 e. The second kappa shape index (κ2) is 8.76. The van der Waals surface area contributed by atoms with Crippen LogP contribution in [0.3, 0.4) is 0 Å². The van der Waals surface area contributed by atoms with E-state index in [1.54, 1.807) is 6.33 Å². The van der Waals surface area contributed by atoms with Crippen molar-refractivity contribution in [2.75, 3.05) is 26.2 Å². The van der Waals surface area contributed by atoms with E-state index in [4.69, 9.17) is 0 Å². The van der Waals surface area contributed by atoms with E-state index >= 15 is 0 Å². The number of imidazole rings is 1. The average molecular weight is 383 g/mol. The van der Waals surface area contributed by atoms with Gasteiger partial charge >= 0.3 is 0 Å². The topological polar surface area (TPSA) is 69.3 Å². The summed E-state index contributed by atoms with van der Waals surface area (Å²) in [7, 11) is 0. The van der Waals surface area contributed by atoms with Crippen LogP contribution in [-0.2, 0) is 4.79 Å². The predicted molar refractivity (Wildman–Crippen MR) is 109 cm³/mol. The summed E-state index contributed by atoms with van der Waals surface area (Å²) in [6.07, 6.45) is 10.8. The molecule has 2 fully saturated rings. The molecule has 1 aliphatic carbocycles. The van der Waals surface area contributed by atoms with E-state index < -0.39 is 0 Å². The van der Waals surface area contributed by atoms with Gasteiger partial charge in [0.2, 0.25) is 5.91 Å². The Morgan fingerprint density at radius 3 is 2.64 bits per heavy atom. The minimum atomic E-state index is 0.0352. The number of rotatable bonds is 4. The summed E-state index contributed by atoms with van der Waals surface area (Å²) in [5.41, 5.74) is 2.41. The Hall–Kier alpha value is -2.37. The van der Waals surface area contributed by atoms with E-state index in [2.05, 4.69) is 9.97 Å². The second-order valence-electron chi connectivity index (χ2n) is 8.20. The third-order valence-corrected chi connectivity index (χ3v) is 6.29.